The molecule has 0 radical (unpaired) electrons. The Morgan fingerprint density at radius 3 is 2.73 bits per heavy atom. The van der Waals surface area contributed by atoms with Crippen molar-refractivity contribution in [3.8, 4) is 0 Å². The number of hydrogen-bond acceptors (Lipinski definition) is 6. The minimum Gasteiger partial charge on any atom is -0.376 e. The second kappa shape index (κ2) is 7.41. The van der Waals surface area contributed by atoms with Gasteiger partial charge in [0.1, 0.15) is 5.69 Å². The molecule has 1 aliphatic rings. The van der Waals surface area contributed by atoms with Crippen LogP contribution in [0.2, 0.25) is 0 Å². The number of anilines is 1. The van der Waals surface area contributed by atoms with Gasteiger partial charge < -0.3 is 15.2 Å². The number of benzene rings is 1. The van der Waals surface area contributed by atoms with E-state index in [1.165, 1.54) is 18.8 Å². The zero-order valence-corrected chi connectivity index (χ0v) is 15.4. The van der Waals surface area contributed by atoms with Crippen LogP contribution >= 0.6 is 0 Å². The predicted octanol–water partition coefficient (Wildman–Crippen LogP) is 2.61. The number of H-pyrrole nitrogens is 1. The highest BCUT2D eigenvalue weighted by molar-refractivity contribution is 5.86. The van der Waals surface area contributed by atoms with Crippen LogP contribution in [-0.4, -0.2) is 45.5 Å². The van der Waals surface area contributed by atoms with Crippen LogP contribution in [0.4, 0.5) is 11.4 Å². The normalized spacial score (nSPS) is 22.3. The summed E-state index contributed by atoms with van der Waals surface area (Å²) in [6, 6.07) is 2.91. The van der Waals surface area contributed by atoms with Crippen LogP contribution < -0.4 is 10.9 Å². The van der Waals surface area contributed by atoms with Crippen LogP contribution in [0, 0.1) is 22.0 Å². The maximum atomic E-state index is 11.9. The molecule has 8 nitrogen and oxygen atoms in total. The molecule has 1 saturated heterocycles. The van der Waals surface area contributed by atoms with Crippen LogP contribution in [0.5, 0.6) is 0 Å². The fraction of sp³-hybridized carbons (Fsp3) is 0.556. The van der Waals surface area contributed by atoms with E-state index in [9.17, 15) is 14.9 Å². The molecule has 1 fully saturated rings. The SMILES string of the molecule is CC1CC(C)CN(CC(C)Nc2cc3nc[nH]c(=O)c3cc2[N+](=O)[O-])C1. The number of nitro benzene ring substituents is 1. The van der Waals surface area contributed by atoms with Gasteiger partial charge in [-0.15, -0.1) is 0 Å². The van der Waals surface area contributed by atoms with Crippen molar-refractivity contribution in [3.63, 3.8) is 0 Å². The van der Waals surface area contributed by atoms with Gasteiger partial charge in [-0.05, 0) is 31.2 Å². The second-order valence-corrected chi connectivity index (χ2v) is 7.59. The lowest BCUT2D eigenvalue weighted by Crippen LogP contribution is -2.43. The van der Waals surface area contributed by atoms with E-state index >= 15 is 0 Å². The van der Waals surface area contributed by atoms with Crippen LogP contribution in [0.3, 0.4) is 0 Å². The lowest BCUT2D eigenvalue weighted by atomic mass is 9.92. The van der Waals surface area contributed by atoms with Crippen molar-refractivity contribution in [1.82, 2.24) is 14.9 Å². The topological polar surface area (TPSA) is 104 Å². The zero-order chi connectivity index (χ0) is 18.8. The summed E-state index contributed by atoms with van der Waals surface area (Å²) in [4.78, 5) is 31.8. The van der Waals surface area contributed by atoms with Gasteiger partial charge in [0.25, 0.3) is 11.2 Å². The van der Waals surface area contributed by atoms with Crippen molar-refractivity contribution in [2.24, 2.45) is 11.8 Å². The van der Waals surface area contributed by atoms with E-state index in [0.29, 0.717) is 23.0 Å². The molecule has 3 unspecified atom stereocenters. The van der Waals surface area contributed by atoms with Gasteiger partial charge in [-0.1, -0.05) is 13.8 Å². The molecule has 2 aromatic rings. The summed E-state index contributed by atoms with van der Waals surface area (Å²) >= 11 is 0. The number of aromatic nitrogens is 2. The second-order valence-electron chi connectivity index (χ2n) is 7.59. The molecule has 0 spiro atoms. The number of likely N-dealkylation sites (tertiary alicyclic amines) is 1. The molecule has 1 aromatic heterocycles. The molecule has 1 aliphatic heterocycles. The Morgan fingerprint density at radius 2 is 2.08 bits per heavy atom. The van der Waals surface area contributed by atoms with Crippen molar-refractivity contribution in [2.45, 2.75) is 33.2 Å². The van der Waals surface area contributed by atoms with Crippen molar-refractivity contribution >= 4 is 22.3 Å². The number of nitrogens with zero attached hydrogens (tertiary/aromatic N) is 3. The Morgan fingerprint density at radius 1 is 1.38 bits per heavy atom. The summed E-state index contributed by atoms with van der Waals surface area (Å²) < 4.78 is 0. The van der Waals surface area contributed by atoms with Gasteiger partial charge in [-0.3, -0.25) is 14.9 Å². The van der Waals surface area contributed by atoms with E-state index < -0.39 is 4.92 Å². The molecular formula is C18H25N5O3. The van der Waals surface area contributed by atoms with Crippen LogP contribution in [0.25, 0.3) is 10.9 Å². The van der Waals surface area contributed by atoms with E-state index in [1.807, 2.05) is 6.92 Å². The Balaban J connectivity index is 1.82. The number of nitrogens with one attached hydrogen (secondary N) is 2. The van der Waals surface area contributed by atoms with E-state index in [4.69, 9.17) is 0 Å². The Bertz CT molecular complexity index is 856. The van der Waals surface area contributed by atoms with Crippen LogP contribution in [0.15, 0.2) is 23.3 Å². The van der Waals surface area contributed by atoms with E-state index in [-0.39, 0.29) is 22.7 Å². The fourth-order valence-corrected chi connectivity index (χ4v) is 4.01. The first-order chi connectivity index (χ1) is 12.3. The zero-order valence-electron chi connectivity index (χ0n) is 15.4. The van der Waals surface area contributed by atoms with Crippen molar-refractivity contribution in [1.29, 1.82) is 0 Å². The first-order valence-electron chi connectivity index (χ1n) is 8.98. The molecule has 0 aliphatic carbocycles. The third-order valence-corrected chi connectivity index (χ3v) is 4.83. The molecule has 0 saturated carbocycles. The molecule has 3 rings (SSSR count). The lowest BCUT2D eigenvalue weighted by Gasteiger charge is -2.36. The molecule has 2 N–H and O–H groups in total. The third kappa shape index (κ3) is 4.01. The highest BCUT2D eigenvalue weighted by atomic mass is 16.6. The van der Waals surface area contributed by atoms with Gasteiger partial charge in [0.05, 0.1) is 22.2 Å². The first kappa shape index (κ1) is 18.3. The Labute approximate surface area is 151 Å². The minimum absolute atomic E-state index is 0.0330. The fourth-order valence-electron chi connectivity index (χ4n) is 4.01. The smallest absolute Gasteiger partial charge is 0.293 e. The highest BCUT2D eigenvalue weighted by Gasteiger charge is 2.24. The van der Waals surface area contributed by atoms with E-state index in [0.717, 1.165) is 19.6 Å². The number of aromatic amines is 1. The maximum absolute atomic E-state index is 11.9. The summed E-state index contributed by atoms with van der Waals surface area (Å²) in [7, 11) is 0. The maximum Gasteiger partial charge on any atom is 0.293 e. The van der Waals surface area contributed by atoms with Gasteiger partial charge in [0.15, 0.2) is 0 Å². The van der Waals surface area contributed by atoms with Gasteiger partial charge in [-0.25, -0.2) is 4.98 Å². The molecule has 3 atom stereocenters. The summed E-state index contributed by atoms with van der Waals surface area (Å²) in [5, 5.41) is 14.9. The first-order valence-corrected chi connectivity index (χ1v) is 8.98. The summed E-state index contributed by atoms with van der Waals surface area (Å²) in [6.45, 7) is 9.45. The molecule has 1 aromatic carbocycles. The van der Waals surface area contributed by atoms with E-state index in [2.05, 4.69) is 34.0 Å². The average molecular weight is 359 g/mol. The molecule has 0 amide bonds. The summed E-state index contributed by atoms with van der Waals surface area (Å²) in [6.07, 6.45) is 2.55. The van der Waals surface area contributed by atoms with Crippen LogP contribution in [0.1, 0.15) is 27.2 Å². The molecule has 140 valence electrons. The summed E-state index contributed by atoms with van der Waals surface area (Å²) in [5.74, 6) is 1.33. The van der Waals surface area contributed by atoms with Gasteiger partial charge in [0, 0.05) is 31.7 Å². The molecule has 8 heteroatoms. The summed E-state index contributed by atoms with van der Waals surface area (Å²) in [5.41, 5.74) is 0.345. The van der Waals surface area contributed by atoms with Gasteiger partial charge in [0.2, 0.25) is 0 Å². The average Bonchev–Trinajstić information content (AvgIpc) is 2.53. The molecule has 2 heterocycles. The largest absolute Gasteiger partial charge is 0.376 e. The quantitative estimate of drug-likeness (QED) is 0.628. The standard InChI is InChI=1S/C18H25N5O3/c1-11-4-12(2)8-22(7-11)9-13(3)21-16-6-15-14(5-17(16)23(25)26)18(24)20-10-19-15/h5-6,10-13,21H,4,7-9H2,1-3H3,(H,19,20,24). The lowest BCUT2D eigenvalue weighted by molar-refractivity contribution is -0.383. The van der Waals surface area contributed by atoms with Gasteiger partial charge in [-0.2, -0.15) is 0 Å². The van der Waals surface area contributed by atoms with Gasteiger partial charge >= 0.3 is 0 Å². The Hall–Kier alpha value is -2.48. The Kier molecular flexibility index (Phi) is 5.22. The van der Waals surface area contributed by atoms with E-state index in [1.54, 1.807) is 6.07 Å². The molecular weight excluding hydrogens is 334 g/mol. The van der Waals surface area contributed by atoms with Crippen LogP contribution in [-0.2, 0) is 0 Å². The third-order valence-electron chi connectivity index (χ3n) is 4.83. The van der Waals surface area contributed by atoms with Crippen molar-refractivity contribution in [3.05, 3.63) is 38.9 Å². The molecule has 26 heavy (non-hydrogen) atoms. The number of rotatable bonds is 5. The minimum atomic E-state index is -0.466. The number of hydrogen-bond donors (Lipinski definition) is 2. The monoisotopic (exact) mass is 359 g/mol. The van der Waals surface area contributed by atoms with Crippen molar-refractivity contribution < 1.29 is 4.92 Å². The highest BCUT2D eigenvalue weighted by Crippen LogP contribution is 2.29. The predicted molar refractivity (Wildman–Crippen MR) is 101 cm³/mol. The number of fused-ring (bicyclic) bond motifs is 1. The van der Waals surface area contributed by atoms with Crippen molar-refractivity contribution in [2.75, 3.05) is 25.0 Å². The molecule has 0 bridgehead atoms. The number of piperidine rings is 1. The number of nitro groups is 1.